The lowest BCUT2D eigenvalue weighted by molar-refractivity contribution is -0.168. The van der Waals surface area contributed by atoms with Crippen LogP contribution in [0.5, 0.6) is 0 Å². The first-order valence-electron chi connectivity index (χ1n) is 7.10. The highest BCUT2D eigenvalue weighted by Crippen LogP contribution is 2.56. The van der Waals surface area contributed by atoms with E-state index in [4.69, 9.17) is 4.74 Å². The molecule has 1 amide bonds. The third-order valence-corrected chi connectivity index (χ3v) is 4.60. The van der Waals surface area contributed by atoms with Crippen LogP contribution >= 0.6 is 0 Å². The van der Waals surface area contributed by atoms with Gasteiger partial charge in [0.1, 0.15) is 6.23 Å². The van der Waals surface area contributed by atoms with Crippen LogP contribution in [0.2, 0.25) is 0 Å². The van der Waals surface area contributed by atoms with Gasteiger partial charge in [0.2, 0.25) is 0 Å². The molecule has 0 aromatic carbocycles. The van der Waals surface area contributed by atoms with E-state index in [9.17, 15) is 19.8 Å². The second-order valence-electron chi connectivity index (χ2n) is 7.82. The fraction of sp³-hybridized carbons (Fsp3) is 0.867. The Kier molecular flexibility index (Phi) is 4.36. The number of likely N-dealkylation sites (tertiary alicyclic amines) is 1. The van der Waals surface area contributed by atoms with Gasteiger partial charge in [-0.25, -0.2) is 9.59 Å². The number of hydrogen-bond acceptors (Lipinski definition) is 3. The van der Waals surface area contributed by atoms with E-state index < -0.39 is 29.2 Å². The molecule has 6 nitrogen and oxygen atoms in total. The zero-order valence-corrected chi connectivity index (χ0v) is 13.9. The van der Waals surface area contributed by atoms with Crippen LogP contribution in [-0.4, -0.2) is 46.1 Å². The quantitative estimate of drug-likeness (QED) is 0.819. The minimum Gasteiger partial charge on any atom is -0.479 e. The van der Waals surface area contributed by atoms with Crippen LogP contribution in [0.4, 0.5) is 4.79 Å². The van der Waals surface area contributed by atoms with Gasteiger partial charge in [0.25, 0.3) is 0 Å². The SMILES string of the molecule is COC1CC(C(C)(C)C)[C@@](C(=O)O)(C(C)(C)C)N1C(=O)O. The summed E-state index contributed by atoms with van der Waals surface area (Å²) in [7, 11) is 1.42. The van der Waals surface area contributed by atoms with Crippen molar-refractivity contribution in [2.45, 2.75) is 59.7 Å². The first kappa shape index (κ1) is 17.8. The number of rotatable bonds is 2. The second-order valence-corrected chi connectivity index (χ2v) is 7.82. The van der Waals surface area contributed by atoms with Crippen molar-refractivity contribution < 1.29 is 24.5 Å². The third kappa shape index (κ3) is 2.50. The van der Waals surface area contributed by atoms with Gasteiger partial charge >= 0.3 is 12.1 Å². The number of carbonyl (C=O) groups is 2. The third-order valence-electron chi connectivity index (χ3n) is 4.60. The smallest absolute Gasteiger partial charge is 0.410 e. The zero-order valence-electron chi connectivity index (χ0n) is 13.9. The first-order chi connectivity index (χ1) is 9.31. The Balaban J connectivity index is 3.68. The lowest BCUT2D eigenvalue weighted by Gasteiger charge is -2.50. The summed E-state index contributed by atoms with van der Waals surface area (Å²) in [5.41, 5.74) is -2.67. The molecule has 0 aliphatic carbocycles. The summed E-state index contributed by atoms with van der Waals surface area (Å²) in [4.78, 5) is 25.0. The zero-order chi connectivity index (χ0) is 16.8. The number of carboxylic acids is 1. The van der Waals surface area contributed by atoms with E-state index in [0.29, 0.717) is 6.42 Å². The summed E-state index contributed by atoms with van der Waals surface area (Å²) in [6.45, 7) is 11.1. The van der Waals surface area contributed by atoms with Crippen LogP contribution in [-0.2, 0) is 9.53 Å². The van der Waals surface area contributed by atoms with E-state index in [2.05, 4.69) is 0 Å². The van der Waals surface area contributed by atoms with E-state index in [1.54, 1.807) is 20.8 Å². The van der Waals surface area contributed by atoms with Crippen molar-refractivity contribution in [3.8, 4) is 0 Å². The summed E-state index contributed by atoms with van der Waals surface area (Å²) in [6.07, 6.45) is -1.64. The van der Waals surface area contributed by atoms with Crippen molar-refractivity contribution >= 4 is 12.1 Å². The molecular weight excluding hydrogens is 274 g/mol. The Hall–Kier alpha value is -1.30. The summed E-state index contributed by atoms with van der Waals surface area (Å²) < 4.78 is 5.29. The minimum atomic E-state index is -1.53. The Morgan fingerprint density at radius 3 is 1.86 bits per heavy atom. The van der Waals surface area contributed by atoms with Gasteiger partial charge in [-0.2, -0.15) is 0 Å². The molecule has 122 valence electrons. The van der Waals surface area contributed by atoms with E-state index in [-0.39, 0.29) is 11.3 Å². The second kappa shape index (κ2) is 5.16. The molecule has 0 aromatic heterocycles. The topological polar surface area (TPSA) is 87.1 Å². The van der Waals surface area contributed by atoms with Gasteiger partial charge in [0, 0.05) is 13.0 Å². The summed E-state index contributed by atoms with van der Waals surface area (Å²) in [6, 6.07) is 0. The number of methoxy groups -OCH3 is 1. The molecule has 1 fully saturated rings. The first-order valence-corrected chi connectivity index (χ1v) is 7.10. The lowest BCUT2D eigenvalue weighted by Crippen LogP contribution is -2.66. The van der Waals surface area contributed by atoms with Gasteiger partial charge < -0.3 is 14.9 Å². The molecule has 3 atom stereocenters. The summed E-state index contributed by atoms with van der Waals surface area (Å²) in [5.74, 6) is -1.47. The van der Waals surface area contributed by atoms with Crippen LogP contribution in [0, 0.1) is 16.7 Å². The summed E-state index contributed by atoms with van der Waals surface area (Å²) >= 11 is 0. The molecule has 2 unspecified atom stereocenters. The number of carboxylic acid groups (broad SMARTS) is 2. The Morgan fingerprint density at radius 1 is 1.14 bits per heavy atom. The van der Waals surface area contributed by atoms with E-state index in [0.717, 1.165) is 4.90 Å². The molecule has 0 bridgehead atoms. The fourth-order valence-electron chi connectivity index (χ4n) is 3.79. The van der Waals surface area contributed by atoms with Crippen molar-refractivity contribution in [1.82, 2.24) is 4.90 Å². The Bertz CT molecular complexity index is 434. The van der Waals surface area contributed by atoms with Gasteiger partial charge in [0.15, 0.2) is 5.54 Å². The molecule has 2 N–H and O–H groups in total. The van der Waals surface area contributed by atoms with Crippen LogP contribution in [0.1, 0.15) is 48.0 Å². The molecular formula is C15H27NO5. The van der Waals surface area contributed by atoms with E-state index >= 15 is 0 Å². The minimum absolute atomic E-state index is 0.358. The van der Waals surface area contributed by atoms with Gasteiger partial charge in [-0.3, -0.25) is 4.90 Å². The van der Waals surface area contributed by atoms with Crippen molar-refractivity contribution in [3.63, 3.8) is 0 Å². The van der Waals surface area contributed by atoms with Gasteiger partial charge in [-0.15, -0.1) is 0 Å². The number of amides is 1. The predicted octanol–water partition coefficient (Wildman–Crippen LogP) is 2.87. The monoisotopic (exact) mass is 301 g/mol. The van der Waals surface area contributed by atoms with Crippen molar-refractivity contribution in [3.05, 3.63) is 0 Å². The van der Waals surface area contributed by atoms with Crippen LogP contribution < -0.4 is 0 Å². The molecule has 0 aromatic rings. The van der Waals surface area contributed by atoms with Crippen molar-refractivity contribution in [2.75, 3.05) is 7.11 Å². The maximum atomic E-state index is 12.2. The molecule has 6 heteroatoms. The highest BCUT2D eigenvalue weighted by atomic mass is 16.5. The van der Waals surface area contributed by atoms with Crippen LogP contribution in [0.15, 0.2) is 0 Å². The molecule has 1 aliphatic rings. The number of nitrogens with zero attached hydrogens (tertiary/aromatic N) is 1. The van der Waals surface area contributed by atoms with Crippen molar-refractivity contribution in [2.24, 2.45) is 16.7 Å². The van der Waals surface area contributed by atoms with Gasteiger partial charge in [-0.05, 0) is 17.3 Å². The average molecular weight is 301 g/mol. The van der Waals surface area contributed by atoms with E-state index in [1.807, 2.05) is 20.8 Å². The summed E-state index contributed by atoms with van der Waals surface area (Å²) in [5, 5.41) is 19.6. The normalized spacial score (nSPS) is 30.5. The lowest BCUT2D eigenvalue weighted by atomic mass is 9.59. The Morgan fingerprint density at radius 2 is 1.62 bits per heavy atom. The maximum Gasteiger partial charge on any atom is 0.410 e. The molecule has 1 saturated heterocycles. The number of hydrogen-bond donors (Lipinski definition) is 2. The molecule has 0 radical (unpaired) electrons. The van der Waals surface area contributed by atoms with Gasteiger partial charge in [0.05, 0.1) is 0 Å². The molecule has 1 rings (SSSR count). The molecule has 1 heterocycles. The number of aliphatic carboxylic acids is 1. The van der Waals surface area contributed by atoms with Crippen LogP contribution in [0.3, 0.4) is 0 Å². The maximum absolute atomic E-state index is 12.2. The predicted molar refractivity (Wildman–Crippen MR) is 78.0 cm³/mol. The fourth-order valence-corrected chi connectivity index (χ4v) is 3.79. The molecule has 0 saturated carbocycles. The molecule has 0 spiro atoms. The standard InChI is InChI=1S/C15H27NO5/c1-13(2,3)9-8-10(21-7)16(12(19)20)15(9,11(17)18)14(4,5)6/h9-10H,8H2,1-7H3,(H,17,18)(H,19,20)/t9?,10?,15-/m1/s1. The molecule has 21 heavy (non-hydrogen) atoms. The Labute approximate surface area is 126 Å². The van der Waals surface area contributed by atoms with Gasteiger partial charge in [-0.1, -0.05) is 41.5 Å². The number of ether oxygens (including phenoxy) is 1. The average Bonchev–Trinajstić information content (AvgIpc) is 2.63. The highest BCUT2D eigenvalue weighted by Gasteiger charge is 2.68. The largest absolute Gasteiger partial charge is 0.479 e. The van der Waals surface area contributed by atoms with E-state index in [1.165, 1.54) is 7.11 Å². The van der Waals surface area contributed by atoms with Crippen LogP contribution in [0.25, 0.3) is 0 Å². The highest BCUT2D eigenvalue weighted by molar-refractivity contribution is 5.86. The molecule has 1 aliphatic heterocycles. The van der Waals surface area contributed by atoms with Crippen molar-refractivity contribution in [1.29, 1.82) is 0 Å².